The Kier molecular flexibility index (Phi) is 3.09. The molecule has 5 heteroatoms. The summed E-state index contributed by atoms with van der Waals surface area (Å²) in [6.07, 6.45) is 3.50. The molecule has 1 aromatic carbocycles. The minimum atomic E-state index is 0.0513. The summed E-state index contributed by atoms with van der Waals surface area (Å²) in [5.74, 6) is 1.45. The fourth-order valence-electron chi connectivity index (χ4n) is 1.41. The van der Waals surface area contributed by atoms with Gasteiger partial charge < -0.3 is 10.5 Å². The second-order valence-corrected chi connectivity index (χ2v) is 3.57. The summed E-state index contributed by atoms with van der Waals surface area (Å²) < 4.78 is 7.39. The summed E-state index contributed by atoms with van der Waals surface area (Å²) >= 11 is 0. The smallest absolute Gasteiger partial charge is 0.165 e. The average molecular weight is 230 g/mol. The monoisotopic (exact) mass is 230 g/mol. The highest BCUT2D eigenvalue weighted by Gasteiger charge is 2.01. The van der Waals surface area contributed by atoms with Crippen LogP contribution in [0.25, 0.3) is 0 Å². The molecule has 0 aliphatic rings. The van der Waals surface area contributed by atoms with E-state index in [0.717, 1.165) is 6.54 Å². The Hall–Kier alpha value is -2.30. The van der Waals surface area contributed by atoms with E-state index in [1.807, 2.05) is 13.1 Å². The molecule has 0 saturated carbocycles. The molecule has 17 heavy (non-hydrogen) atoms. The van der Waals surface area contributed by atoms with Crippen LogP contribution in [-0.2, 0) is 6.54 Å². The lowest BCUT2D eigenvalue weighted by molar-refractivity contribution is 0.481. The van der Waals surface area contributed by atoms with E-state index < -0.39 is 0 Å². The Balaban J connectivity index is 2.10. The first kappa shape index (κ1) is 11.2. The van der Waals surface area contributed by atoms with Gasteiger partial charge in [-0.15, -0.1) is 0 Å². The maximum Gasteiger partial charge on any atom is 0.165 e. The standard InChI is InChI=1S/C12H14N4O/c1-2-16-8-11(7-15-16)17-10-5-3-9(4-6-10)12(13)14/h3-8H,2H2,1H3,(H3,13,14). The van der Waals surface area contributed by atoms with Crippen LogP contribution < -0.4 is 10.5 Å². The molecule has 2 aromatic rings. The van der Waals surface area contributed by atoms with E-state index in [2.05, 4.69) is 5.10 Å². The lowest BCUT2D eigenvalue weighted by Gasteiger charge is -2.03. The van der Waals surface area contributed by atoms with Crippen LogP contribution in [0.15, 0.2) is 36.7 Å². The summed E-state index contributed by atoms with van der Waals surface area (Å²) in [7, 11) is 0. The third-order valence-corrected chi connectivity index (χ3v) is 2.33. The zero-order valence-electron chi connectivity index (χ0n) is 9.55. The number of aromatic nitrogens is 2. The molecular formula is C12H14N4O. The Labute approximate surface area is 99.3 Å². The molecule has 0 aliphatic heterocycles. The first-order valence-corrected chi connectivity index (χ1v) is 5.34. The van der Waals surface area contributed by atoms with Crippen LogP contribution in [0.5, 0.6) is 11.5 Å². The van der Waals surface area contributed by atoms with Gasteiger partial charge in [-0.05, 0) is 31.2 Å². The molecule has 0 unspecified atom stereocenters. The van der Waals surface area contributed by atoms with Crippen molar-refractivity contribution < 1.29 is 4.74 Å². The predicted molar refractivity (Wildman–Crippen MR) is 65.4 cm³/mol. The quantitative estimate of drug-likeness (QED) is 0.622. The number of nitrogens with one attached hydrogen (secondary N) is 1. The van der Waals surface area contributed by atoms with Crippen LogP contribution in [0, 0.1) is 5.41 Å². The average Bonchev–Trinajstić information content (AvgIpc) is 2.77. The number of benzene rings is 1. The molecule has 2 rings (SSSR count). The van der Waals surface area contributed by atoms with Gasteiger partial charge in [-0.1, -0.05) is 0 Å². The van der Waals surface area contributed by atoms with Crippen LogP contribution in [-0.4, -0.2) is 15.6 Å². The number of nitrogens with two attached hydrogens (primary N) is 1. The summed E-state index contributed by atoms with van der Waals surface area (Å²) in [6, 6.07) is 7.06. The molecule has 0 radical (unpaired) electrons. The summed E-state index contributed by atoms with van der Waals surface area (Å²) in [4.78, 5) is 0. The topological polar surface area (TPSA) is 76.9 Å². The molecule has 1 aromatic heterocycles. The predicted octanol–water partition coefficient (Wildman–Crippen LogP) is 1.98. The van der Waals surface area contributed by atoms with Crippen LogP contribution in [0.3, 0.4) is 0 Å². The van der Waals surface area contributed by atoms with Gasteiger partial charge in [0.2, 0.25) is 0 Å². The lowest BCUT2D eigenvalue weighted by atomic mass is 10.2. The van der Waals surface area contributed by atoms with Crippen LogP contribution >= 0.6 is 0 Å². The van der Waals surface area contributed by atoms with Gasteiger partial charge in [-0.25, -0.2) is 0 Å². The first-order chi connectivity index (χ1) is 8.19. The highest BCUT2D eigenvalue weighted by molar-refractivity contribution is 5.94. The molecule has 0 bridgehead atoms. The molecule has 0 amide bonds. The van der Waals surface area contributed by atoms with E-state index in [9.17, 15) is 0 Å². The van der Waals surface area contributed by atoms with Gasteiger partial charge in [0.25, 0.3) is 0 Å². The van der Waals surface area contributed by atoms with Crippen molar-refractivity contribution >= 4 is 5.84 Å². The fourth-order valence-corrected chi connectivity index (χ4v) is 1.41. The first-order valence-electron chi connectivity index (χ1n) is 5.34. The lowest BCUT2D eigenvalue weighted by Crippen LogP contribution is -2.10. The van der Waals surface area contributed by atoms with Gasteiger partial charge in [0.15, 0.2) is 5.75 Å². The van der Waals surface area contributed by atoms with Crippen molar-refractivity contribution in [3.8, 4) is 11.5 Å². The van der Waals surface area contributed by atoms with Gasteiger partial charge in [0.1, 0.15) is 11.6 Å². The van der Waals surface area contributed by atoms with Crippen molar-refractivity contribution in [3.05, 3.63) is 42.2 Å². The zero-order valence-corrected chi connectivity index (χ0v) is 9.55. The minimum absolute atomic E-state index is 0.0513. The highest BCUT2D eigenvalue weighted by atomic mass is 16.5. The summed E-state index contributed by atoms with van der Waals surface area (Å²) in [5.41, 5.74) is 6.05. The Morgan fingerprint density at radius 2 is 2.06 bits per heavy atom. The number of nitrogens with zero attached hydrogens (tertiary/aromatic N) is 2. The number of rotatable bonds is 4. The SMILES string of the molecule is CCn1cc(Oc2ccc(C(=N)N)cc2)cn1. The van der Waals surface area contributed by atoms with Gasteiger partial charge >= 0.3 is 0 Å². The van der Waals surface area contributed by atoms with Crippen molar-refractivity contribution in [2.75, 3.05) is 0 Å². The fraction of sp³-hybridized carbons (Fsp3) is 0.167. The van der Waals surface area contributed by atoms with Gasteiger partial charge in [0.05, 0.1) is 12.4 Å². The Morgan fingerprint density at radius 3 is 2.59 bits per heavy atom. The number of amidine groups is 1. The maximum atomic E-state index is 7.28. The molecule has 0 spiro atoms. The normalized spacial score (nSPS) is 10.2. The summed E-state index contributed by atoms with van der Waals surface area (Å²) in [5, 5.41) is 11.4. The van der Waals surface area contributed by atoms with Gasteiger partial charge in [-0.2, -0.15) is 5.10 Å². The van der Waals surface area contributed by atoms with Crippen LogP contribution in [0.2, 0.25) is 0 Å². The van der Waals surface area contributed by atoms with E-state index in [0.29, 0.717) is 17.1 Å². The van der Waals surface area contributed by atoms with Crippen LogP contribution in [0.1, 0.15) is 12.5 Å². The van der Waals surface area contributed by atoms with Crippen molar-refractivity contribution in [1.82, 2.24) is 9.78 Å². The Bertz CT molecular complexity index is 516. The van der Waals surface area contributed by atoms with Crippen molar-refractivity contribution in [3.63, 3.8) is 0 Å². The molecule has 1 heterocycles. The molecule has 5 nitrogen and oxygen atoms in total. The number of ether oxygens (including phenoxy) is 1. The molecule has 3 N–H and O–H groups in total. The van der Waals surface area contributed by atoms with E-state index in [1.165, 1.54) is 0 Å². The van der Waals surface area contributed by atoms with E-state index >= 15 is 0 Å². The largest absolute Gasteiger partial charge is 0.454 e. The molecule has 88 valence electrons. The number of hydrogen-bond acceptors (Lipinski definition) is 3. The zero-order chi connectivity index (χ0) is 12.3. The highest BCUT2D eigenvalue weighted by Crippen LogP contribution is 2.20. The summed E-state index contributed by atoms with van der Waals surface area (Å²) in [6.45, 7) is 2.82. The molecule has 0 fully saturated rings. The number of nitrogen functional groups attached to an aromatic ring is 1. The molecule has 0 atom stereocenters. The second kappa shape index (κ2) is 4.69. The Morgan fingerprint density at radius 1 is 1.35 bits per heavy atom. The number of aryl methyl sites for hydroxylation is 1. The van der Waals surface area contributed by atoms with Gasteiger partial charge in [0, 0.05) is 12.1 Å². The third kappa shape index (κ3) is 2.63. The van der Waals surface area contributed by atoms with E-state index in [-0.39, 0.29) is 5.84 Å². The van der Waals surface area contributed by atoms with E-state index in [4.69, 9.17) is 15.9 Å². The van der Waals surface area contributed by atoms with Crippen molar-refractivity contribution in [2.45, 2.75) is 13.5 Å². The van der Waals surface area contributed by atoms with E-state index in [1.54, 1.807) is 35.1 Å². The molecule has 0 aliphatic carbocycles. The molecule has 0 saturated heterocycles. The number of hydrogen-bond donors (Lipinski definition) is 2. The minimum Gasteiger partial charge on any atom is -0.454 e. The third-order valence-electron chi connectivity index (χ3n) is 2.33. The van der Waals surface area contributed by atoms with Gasteiger partial charge in [-0.3, -0.25) is 10.1 Å². The van der Waals surface area contributed by atoms with Crippen LogP contribution in [0.4, 0.5) is 0 Å². The molecular weight excluding hydrogens is 216 g/mol. The van der Waals surface area contributed by atoms with Crippen molar-refractivity contribution in [1.29, 1.82) is 5.41 Å². The second-order valence-electron chi connectivity index (χ2n) is 3.57. The maximum absolute atomic E-state index is 7.28. The van der Waals surface area contributed by atoms with Crippen molar-refractivity contribution in [2.24, 2.45) is 5.73 Å².